The van der Waals surface area contributed by atoms with Gasteiger partial charge in [0, 0.05) is 18.3 Å². The van der Waals surface area contributed by atoms with E-state index in [0.717, 1.165) is 0 Å². The lowest BCUT2D eigenvalue weighted by molar-refractivity contribution is -0.118. The predicted octanol–water partition coefficient (Wildman–Crippen LogP) is 1.98. The van der Waals surface area contributed by atoms with E-state index in [2.05, 4.69) is 16.0 Å². The summed E-state index contributed by atoms with van der Waals surface area (Å²) in [5.74, 6) is 0.00600. The smallest absolute Gasteiger partial charge is 0.262 e. The van der Waals surface area contributed by atoms with E-state index in [1.165, 1.54) is 6.92 Å². The largest absolute Gasteiger partial charge is 0.482 e. The van der Waals surface area contributed by atoms with Gasteiger partial charge in [0.1, 0.15) is 11.4 Å². The van der Waals surface area contributed by atoms with Gasteiger partial charge in [-0.2, -0.15) is 0 Å². The van der Waals surface area contributed by atoms with Crippen molar-refractivity contribution in [2.45, 2.75) is 6.92 Å². The summed E-state index contributed by atoms with van der Waals surface area (Å²) >= 11 is 0. The quantitative estimate of drug-likeness (QED) is 0.599. The molecule has 28 heavy (non-hydrogen) atoms. The van der Waals surface area contributed by atoms with Gasteiger partial charge >= 0.3 is 0 Å². The summed E-state index contributed by atoms with van der Waals surface area (Å²) in [7, 11) is 0. The van der Waals surface area contributed by atoms with E-state index in [1.807, 2.05) is 0 Å². The summed E-state index contributed by atoms with van der Waals surface area (Å²) in [6.07, 6.45) is 0. The highest BCUT2D eigenvalue weighted by Gasteiger charge is 2.24. The van der Waals surface area contributed by atoms with Crippen molar-refractivity contribution in [3.05, 3.63) is 62.9 Å². The van der Waals surface area contributed by atoms with Gasteiger partial charge in [-0.05, 0) is 42.0 Å². The van der Waals surface area contributed by atoms with Crippen LogP contribution in [0.15, 0.2) is 52.1 Å². The molecule has 8 heteroatoms. The van der Waals surface area contributed by atoms with E-state index in [1.54, 1.807) is 42.5 Å². The first-order valence-corrected chi connectivity index (χ1v) is 8.47. The van der Waals surface area contributed by atoms with Crippen LogP contribution in [0.3, 0.4) is 0 Å². The van der Waals surface area contributed by atoms with Crippen LogP contribution >= 0.6 is 0 Å². The average molecular weight is 377 g/mol. The molecule has 1 aliphatic heterocycles. The lowest BCUT2D eigenvalue weighted by Gasteiger charge is -2.20. The number of ether oxygens (including phenoxy) is 1. The third kappa shape index (κ3) is 3.11. The molecule has 0 radical (unpaired) electrons. The first-order chi connectivity index (χ1) is 13.4. The molecule has 8 nitrogen and oxygen atoms in total. The Morgan fingerprint density at radius 3 is 2.43 bits per heavy atom. The summed E-state index contributed by atoms with van der Waals surface area (Å²) in [5, 5.41) is 8.29. The van der Waals surface area contributed by atoms with Crippen molar-refractivity contribution in [1.82, 2.24) is 0 Å². The molecule has 140 valence electrons. The first kappa shape index (κ1) is 17.5. The fraction of sp³-hybridized carbons (Fsp3) is 0.100. The minimum atomic E-state index is -0.604. The molecule has 2 amide bonds. The van der Waals surface area contributed by atoms with E-state index in [9.17, 15) is 19.2 Å². The van der Waals surface area contributed by atoms with Crippen molar-refractivity contribution in [2.75, 3.05) is 22.6 Å². The molecule has 3 aromatic rings. The topological polar surface area (TPSA) is 114 Å². The third-order valence-corrected chi connectivity index (χ3v) is 4.29. The van der Waals surface area contributed by atoms with Gasteiger partial charge in [0.05, 0.1) is 11.3 Å². The fourth-order valence-corrected chi connectivity index (χ4v) is 3.00. The summed E-state index contributed by atoms with van der Waals surface area (Å²) in [5.41, 5.74) is 1.53. The number of amides is 2. The van der Waals surface area contributed by atoms with Crippen molar-refractivity contribution in [3.8, 4) is 16.9 Å². The van der Waals surface area contributed by atoms with E-state index in [-0.39, 0.29) is 29.7 Å². The molecule has 0 spiro atoms. The van der Waals surface area contributed by atoms with Crippen molar-refractivity contribution in [1.29, 1.82) is 0 Å². The first-order valence-electron chi connectivity index (χ1n) is 8.47. The minimum Gasteiger partial charge on any atom is -0.482 e. The Morgan fingerprint density at radius 2 is 1.71 bits per heavy atom. The second-order valence-corrected chi connectivity index (χ2v) is 6.34. The number of benzene rings is 2. The normalized spacial score (nSPS) is 12.7. The zero-order valence-electron chi connectivity index (χ0n) is 14.8. The maximum absolute atomic E-state index is 12.2. The van der Waals surface area contributed by atoms with Crippen molar-refractivity contribution >= 4 is 34.6 Å². The Labute approximate surface area is 158 Å². The Bertz CT molecular complexity index is 1170. The summed E-state index contributed by atoms with van der Waals surface area (Å²) < 4.78 is 5.37. The summed E-state index contributed by atoms with van der Waals surface area (Å²) in [6.45, 7) is 1.31. The number of hydrogen-bond donors (Lipinski definition) is 3. The van der Waals surface area contributed by atoms with Crippen LogP contribution in [0.25, 0.3) is 11.1 Å². The molecular formula is C20H15N3O5. The zero-order chi connectivity index (χ0) is 19.8. The average Bonchev–Trinajstić information content (AvgIpc) is 2.68. The molecule has 1 heterocycles. The number of carbonyl (C=O) groups is 2. The number of carbonyl (C=O) groups excluding carboxylic acids is 2. The molecule has 1 aliphatic rings. The Kier molecular flexibility index (Phi) is 4.15. The van der Waals surface area contributed by atoms with Crippen LogP contribution in [-0.4, -0.2) is 18.4 Å². The maximum atomic E-state index is 12.2. The zero-order valence-corrected chi connectivity index (χ0v) is 14.8. The summed E-state index contributed by atoms with van der Waals surface area (Å²) in [6, 6.07) is 11.7. The van der Waals surface area contributed by atoms with Crippen molar-refractivity contribution in [3.63, 3.8) is 0 Å². The van der Waals surface area contributed by atoms with Crippen LogP contribution in [-0.2, 0) is 9.59 Å². The van der Waals surface area contributed by atoms with Gasteiger partial charge in [-0.1, -0.05) is 6.07 Å². The molecule has 0 aliphatic carbocycles. The summed E-state index contributed by atoms with van der Waals surface area (Å²) in [4.78, 5) is 46.7. The third-order valence-electron chi connectivity index (χ3n) is 4.29. The molecule has 0 saturated carbocycles. The highest BCUT2D eigenvalue weighted by Crippen LogP contribution is 2.34. The van der Waals surface area contributed by atoms with E-state index < -0.39 is 10.9 Å². The van der Waals surface area contributed by atoms with Crippen LogP contribution in [0, 0.1) is 0 Å². The van der Waals surface area contributed by atoms with Gasteiger partial charge in [0.15, 0.2) is 6.61 Å². The van der Waals surface area contributed by atoms with Gasteiger partial charge in [0.25, 0.3) is 11.3 Å². The Morgan fingerprint density at radius 1 is 1.00 bits per heavy atom. The molecule has 0 fully saturated rings. The molecular weight excluding hydrogens is 362 g/mol. The lowest BCUT2D eigenvalue weighted by Crippen LogP contribution is -2.35. The fourth-order valence-electron chi connectivity index (χ4n) is 3.00. The monoisotopic (exact) mass is 377 g/mol. The second kappa shape index (κ2) is 6.66. The highest BCUT2D eigenvalue weighted by atomic mass is 16.5. The maximum Gasteiger partial charge on any atom is 0.262 e. The van der Waals surface area contributed by atoms with Gasteiger partial charge in [-0.25, -0.2) is 0 Å². The molecule has 3 N–H and O–H groups in total. The SMILES string of the molecule is CC(=O)Nc1ccc(Nc2c(-c3ccc4c(c3)OCC(=O)N4)c(=O)c2=O)cc1. The van der Waals surface area contributed by atoms with E-state index in [4.69, 9.17) is 4.74 Å². The molecule has 0 bridgehead atoms. The van der Waals surface area contributed by atoms with Gasteiger partial charge < -0.3 is 20.7 Å². The number of anilines is 4. The van der Waals surface area contributed by atoms with Crippen LogP contribution in [0.5, 0.6) is 5.75 Å². The Balaban J connectivity index is 1.62. The number of fused-ring (bicyclic) bond motifs is 1. The predicted molar refractivity (Wildman–Crippen MR) is 105 cm³/mol. The molecule has 4 rings (SSSR count). The minimum absolute atomic E-state index is 0.103. The lowest BCUT2D eigenvalue weighted by atomic mass is 9.97. The van der Waals surface area contributed by atoms with E-state index >= 15 is 0 Å². The number of nitrogens with one attached hydrogen (secondary N) is 3. The molecule has 3 aromatic carbocycles. The van der Waals surface area contributed by atoms with Gasteiger partial charge in [0.2, 0.25) is 11.3 Å². The van der Waals surface area contributed by atoms with Crippen LogP contribution in [0.1, 0.15) is 6.92 Å². The van der Waals surface area contributed by atoms with Crippen LogP contribution in [0.4, 0.5) is 22.7 Å². The standard InChI is InChI=1S/C20H15N3O5/c1-10(24)21-12-3-5-13(6-4-12)22-18-17(19(26)20(18)27)11-2-7-14-15(8-11)28-9-16(25)23-14/h2-8,22H,9H2,1H3,(H,21,24)(H,23,25). The highest BCUT2D eigenvalue weighted by molar-refractivity contribution is 5.96. The Hall–Kier alpha value is -3.94. The van der Waals surface area contributed by atoms with Crippen LogP contribution in [0.2, 0.25) is 0 Å². The van der Waals surface area contributed by atoms with Gasteiger partial charge in [-0.3, -0.25) is 19.2 Å². The molecule has 0 saturated heterocycles. The molecule has 0 aromatic heterocycles. The molecule has 0 unspecified atom stereocenters. The van der Waals surface area contributed by atoms with Crippen molar-refractivity contribution in [2.24, 2.45) is 0 Å². The van der Waals surface area contributed by atoms with Crippen molar-refractivity contribution < 1.29 is 14.3 Å². The number of rotatable bonds is 4. The van der Waals surface area contributed by atoms with Crippen LogP contribution < -0.4 is 31.5 Å². The number of hydrogen-bond acceptors (Lipinski definition) is 6. The second-order valence-electron chi connectivity index (χ2n) is 6.34. The molecule has 0 atom stereocenters. The van der Waals surface area contributed by atoms with Gasteiger partial charge in [-0.15, -0.1) is 0 Å². The van der Waals surface area contributed by atoms with E-state index in [0.29, 0.717) is 28.4 Å².